The van der Waals surface area contributed by atoms with E-state index >= 15 is 0 Å². The van der Waals surface area contributed by atoms with Crippen molar-refractivity contribution in [3.8, 4) is 6.07 Å². The SMILES string of the molecule is COC(=O)C1CSCC(C#N)N1. The van der Waals surface area contributed by atoms with Gasteiger partial charge in [-0.15, -0.1) is 0 Å². The van der Waals surface area contributed by atoms with Crippen molar-refractivity contribution < 1.29 is 9.53 Å². The third kappa shape index (κ3) is 2.13. The van der Waals surface area contributed by atoms with Crippen LogP contribution in [0.2, 0.25) is 0 Å². The summed E-state index contributed by atoms with van der Waals surface area (Å²) in [5.41, 5.74) is 0. The average Bonchev–Trinajstić information content (AvgIpc) is 2.17. The smallest absolute Gasteiger partial charge is 0.323 e. The van der Waals surface area contributed by atoms with Crippen molar-refractivity contribution in [1.29, 1.82) is 5.26 Å². The fraction of sp³-hybridized carbons (Fsp3) is 0.714. The largest absolute Gasteiger partial charge is 0.468 e. The van der Waals surface area contributed by atoms with Gasteiger partial charge in [0.1, 0.15) is 12.1 Å². The Kier molecular flexibility index (Phi) is 3.38. The molecule has 1 heterocycles. The van der Waals surface area contributed by atoms with E-state index in [1.54, 1.807) is 11.8 Å². The summed E-state index contributed by atoms with van der Waals surface area (Å²) in [4.78, 5) is 11.0. The van der Waals surface area contributed by atoms with Crippen LogP contribution in [-0.4, -0.2) is 36.7 Å². The molecule has 2 atom stereocenters. The van der Waals surface area contributed by atoms with E-state index in [4.69, 9.17) is 5.26 Å². The second-order valence-corrected chi connectivity index (χ2v) is 3.54. The Balaban J connectivity index is 2.47. The standard InChI is InChI=1S/C7H10N2O2S/c1-11-7(10)6-4-12-3-5(2-8)9-6/h5-6,9H,3-4H2,1H3. The molecule has 1 aliphatic heterocycles. The van der Waals surface area contributed by atoms with Crippen molar-refractivity contribution in [2.45, 2.75) is 12.1 Å². The molecule has 2 unspecified atom stereocenters. The van der Waals surface area contributed by atoms with Gasteiger partial charge >= 0.3 is 5.97 Å². The van der Waals surface area contributed by atoms with Crippen LogP contribution in [0, 0.1) is 11.3 Å². The Labute approximate surface area is 75.3 Å². The monoisotopic (exact) mass is 186 g/mol. The first kappa shape index (κ1) is 9.36. The van der Waals surface area contributed by atoms with E-state index < -0.39 is 0 Å². The minimum Gasteiger partial charge on any atom is -0.468 e. The number of hydrogen-bond donors (Lipinski definition) is 1. The van der Waals surface area contributed by atoms with Gasteiger partial charge in [-0.1, -0.05) is 0 Å². The highest BCUT2D eigenvalue weighted by atomic mass is 32.2. The van der Waals surface area contributed by atoms with Crippen molar-refractivity contribution in [2.75, 3.05) is 18.6 Å². The van der Waals surface area contributed by atoms with E-state index in [9.17, 15) is 4.79 Å². The second-order valence-electron chi connectivity index (χ2n) is 2.46. The molecule has 0 saturated carbocycles. The molecule has 66 valence electrons. The Morgan fingerprint density at radius 3 is 3.08 bits per heavy atom. The Bertz CT molecular complexity index is 214. The summed E-state index contributed by atoms with van der Waals surface area (Å²) in [6.45, 7) is 0. The molecule has 0 radical (unpaired) electrons. The lowest BCUT2D eigenvalue weighted by Gasteiger charge is -2.24. The molecule has 0 aromatic heterocycles. The lowest BCUT2D eigenvalue weighted by Crippen LogP contribution is -2.49. The first-order chi connectivity index (χ1) is 5.77. The molecule has 0 spiro atoms. The Morgan fingerprint density at radius 1 is 1.75 bits per heavy atom. The number of methoxy groups -OCH3 is 1. The van der Waals surface area contributed by atoms with Crippen LogP contribution < -0.4 is 5.32 Å². The van der Waals surface area contributed by atoms with Crippen LogP contribution in [0.5, 0.6) is 0 Å². The normalized spacial score (nSPS) is 29.0. The zero-order valence-corrected chi connectivity index (χ0v) is 7.56. The van der Waals surface area contributed by atoms with Gasteiger partial charge in [0.25, 0.3) is 0 Å². The van der Waals surface area contributed by atoms with Crippen LogP contribution >= 0.6 is 11.8 Å². The van der Waals surface area contributed by atoms with E-state index in [-0.39, 0.29) is 18.1 Å². The molecule has 1 aliphatic rings. The molecule has 1 fully saturated rings. The molecule has 1 saturated heterocycles. The van der Waals surface area contributed by atoms with Crippen molar-refractivity contribution in [3.05, 3.63) is 0 Å². The van der Waals surface area contributed by atoms with Crippen molar-refractivity contribution in [3.63, 3.8) is 0 Å². The molecule has 1 N–H and O–H groups in total. The van der Waals surface area contributed by atoms with Crippen molar-refractivity contribution in [2.24, 2.45) is 0 Å². The number of carbonyl (C=O) groups excluding carboxylic acids is 1. The number of nitrogens with zero attached hydrogens (tertiary/aromatic N) is 1. The highest BCUT2D eigenvalue weighted by Crippen LogP contribution is 2.12. The van der Waals surface area contributed by atoms with Gasteiger partial charge in [-0.05, 0) is 0 Å². The second kappa shape index (κ2) is 4.33. The molecule has 0 aromatic carbocycles. The van der Waals surface area contributed by atoms with Gasteiger partial charge in [-0.25, -0.2) is 0 Å². The fourth-order valence-corrected chi connectivity index (χ4v) is 2.01. The van der Waals surface area contributed by atoms with E-state index in [1.807, 2.05) is 0 Å². The number of ether oxygens (including phenoxy) is 1. The Hall–Kier alpha value is -0.730. The van der Waals surface area contributed by atoms with E-state index in [2.05, 4.69) is 16.1 Å². The van der Waals surface area contributed by atoms with Crippen LogP contribution in [0.25, 0.3) is 0 Å². The maximum absolute atomic E-state index is 11.0. The first-order valence-corrected chi connectivity index (χ1v) is 4.74. The van der Waals surface area contributed by atoms with Crippen LogP contribution in [0.1, 0.15) is 0 Å². The number of nitriles is 1. The highest BCUT2D eigenvalue weighted by Gasteiger charge is 2.26. The van der Waals surface area contributed by atoms with Gasteiger partial charge in [0, 0.05) is 11.5 Å². The molecule has 0 aliphatic carbocycles. The summed E-state index contributed by atoms with van der Waals surface area (Å²) < 4.78 is 4.56. The summed E-state index contributed by atoms with van der Waals surface area (Å²) in [6, 6.07) is 1.52. The molecular weight excluding hydrogens is 176 g/mol. The quantitative estimate of drug-likeness (QED) is 0.572. The first-order valence-electron chi connectivity index (χ1n) is 3.59. The lowest BCUT2D eigenvalue weighted by molar-refractivity contribution is -0.142. The lowest BCUT2D eigenvalue weighted by atomic mass is 10.2. The van der Waals surface area contributed by atoms with Crippen LogP contribution in [0.3, 0.4) is 0 Å². The maximum Gasteiger partial charge on any atom is 0.323 e. The summed E-state index contributed by atoms with van der Waals surface area (Å²) >= 11 is 1.59. The van der Waals surface area contributed by atoms with Crippen LogP contribution in [0.4, 0.5) is 0 Å². The third-order valence-electron chi connectivity index (χ3n) is 1.61. The number of thioether (sulfide) groups is 1. The van der Waals surface area contributed by atoms with Crippen molar-refractivity contribution >= 4 is 17.7 Å². The number of rotatable bonds is 1. The van der Waals surface area contributed by atoms with Gasteiger partial charge < -0.3 is 4.74 Å². The summed E-state index contributed by atoms with van der Waals surface area (Å²) in [5, 5.41) is 11.5. The summed E-state index contributed by atoms with van der Waals surface area (Å²) in [5.74, 6) is 1.14. The van der Waals surface area contributed by atoms with Gasteiger partial charge in [-0.2, -0.15) is 17.0 Å². The zero-order valence-electron chi connectivity index (χ0n) is 6.74. The predicted octanol–water partition coefficient (Wildman–Crippen LogP) is -0.243. The molecule has 12 heavy (non-hydrogen) atoms. The zero-order chi connectivity index (χ0) is 8.97. The topological polar surface area (TPSA) is 62.1 Å². The summed E-state index contributed by atoms with van der Waals surface area (Å²) in [6.07, 6.45) is 0. The number of nitrogens with one attached hydrogen (secondary N) is 1. The van der Waals surface area contributed by atoms with Gasteiger partial charge in [0.05, 0.1) is 13.2 Å². The Morgan fingerprint density at radius 2 is 2.50 bits per heavy atom. The van der Waals surface area contributed by atoms with Gasteiger partial charge in [0.15, 0.2) is 0 Å². The molecule has 0 bridgehead atoms. The molecule has 1 rings (SSSR count). The molecule has 5 heteroatoms. The predicted molar refractivity (Wildman–Crippen MR) is 45.7 cm³/mol. The number of esters is 1. The highest BCUT2D eigenvalue weighted by molar-refractivity contribution is 7.99. The van der Waals surface area contributed by atoms with Gasteiger partial charge in [0.2, 0.25) is 0 Å². The van der Waals surface area contributed by atoms with Crippen LogP contribution in [-0.2, 0) is 9.53 Å². The fourth-order valence-electron chi connectivity index (χ4n) is 0.996. The number of hydrogen-bond acceptors (Lipinski definition) is 5. The summed E-state index contributed by atoms with van der Waals surface area (Å²) in [7, 11) is 1.35. The maximum atomic E-state index is 11.0. The average molecular weight is 186 g/mol. The van der Waals surface area contributed by atoms with E-state index in [0.717, 1.165) is 5.75 Å². The van der Waals surface area contributed by atoms with Crippen LogP contribution in [0.15, 0.2) is 0 Å². The minimum atomic E-state index is -0.321. The number of carbonyl (C=O) groups is 1. The third-order valence-corrected chi connectivity index (χ3v) is 2.75. The van der Waals surface area contributed by atoms with Gasteiger partial charge in [-0.3, -0.25) is 10.1 Å². The molecule has 0 amide bonds. The van der Waals surface area contributed by atoms with E-state index in [1.165, 1.54) is 7.11 Å². The van der Waals surface area contributed by atoms with Crippen molar-refractivity contribution in [1.82, 2.24) is 5.32 Å². The molecular formula is C7H10N2O2S. The van der Waals surface area contributed by atoms with E-state index in [0.29, 0.717) is 5.75 Å². The molecule has 0 aromatic rings. The molecule has 4 nitrogen and oxygen atoms in total. The minimum absolute atomic E-state index is 0.229.